The minimum atomic E-state index is -3.81. The number of hydrogen-bond acceptors (Lipinski definition) is 4. The van der Waals surface area contributed by atoms with E-state index in [1.54, 1.807) is 37.3 Å². The highest BCUT2D eigenvalue weighted by atomic mass is 35.5. The average Bonchev–Trinajstić information content (AvgIpc) is 2.70. The van der Waals surface area contributed by atoms with Crippen molar-refractivity contribution in [3.05, 3.63) is 83.1 Å². The molecule has 0 heterocycles. The van der Waals surface area contributed by atoms with Gasteiger partial charge >= 0.3 is 0 Å². The number of nitrogens with one attached hydrogen (secondary N) is 2. The molecular weight excluding hydrogens is 431 g/mol. The highest BCUT2D eigenvalue weighted by molar-refractivity contribution is 7.92. The molecule has 0 unspecified atom stereocenters. The Kier molecular flexibility index (Phi) is 6.59. The zero-order valence-electron chi connectivity index (χ0n) is 15.9. The van der Waals surface area contributed by atoms with Crippen LogP contribution < -0.4 is 14.8 Å². The van der Waals surface area contributed by atoms with Crippen LogP contribution in [-0.4, -0.2) is 20.9 Å². The number of halogens is 2. The van der Waals surface area contributed by atoms with Crippen LogP contribution >= 0.6 is 11.6 Å². The van der Waals surface area contributed by atoms with Crippen molar-refractivity contribution in [3.63, 3.8) is 0 Å². The number of aryl methyl sites for hydroxylation is 1. The minimum Gasteiger partial charge on any atom is -0.483 e. The Morgan fingerprint density at radius 1 is 1.07 bits per heavy atom. The van der Waals surface area contributed by atoms with Crippen molar-refractivity contribution in [3.8, 4) is 5.75 Å². The smallest absolute Gasteiger partial charge is 0.262 e. The zero-order chi connectivity index (χ0) is 21.7. The van der Waals surface area contributed by atoms with Crippen molar-refractivity contribution in [2.45, 2.75) is 11.8 Å². The van der Waals surface area contributed by atoms with Crippen molar-refractivity contribution < 1.29 is 22.3 Å². The van der Waals surface area contributed by atoms with Gasteiger partial charge in [-0.05, 0) is 67.1 Å². The Hall–Kier alpha value is -3.10. The SMILES string of the molecule is Cc1cc(S(=O)(=O)Nc2ccc(Cl)cc2)ccc1OCC(=O)Nc1ccccc1F. The van der Waals surface area contributed by atoms with Crippen LogP contribution in [0.5, 0.6) is 5.75 Å². The van der Waals surface area contributed by atoms with Gasteiger partial charge in [-0.25, -0.2) is 12.8 Å². The van der Waals surface area contributed by atoms with Crippen LogP contribution in [0.2, 0.25) is 5.02 Å². The number of carbonyl (C=O) groups is 1. The fourth-order valence-electron chi connectivity index (χ4n) is 2.58. The summed E-state index contributed by atoms with van der Waals surface area (Å²) in [5.74, 6) is -0.755. The number of rotatable bonds is 7. The summed E-state index contributed by atoms with van der Waals surface area (Å²) in [5.41, 5.74) is 0.951. The molecule has 3 rings (SSSR count). The third-order valence-corrected chi connectivity index (χ3v) is 5.69. The lowest BCUT2D eigenvalue weighted by Crippen LogP contribution is -2.21. The van der Waals surface area contributed by atoms with E-state index in [0.29, 0.717) is 22.0 Å². The van der Waals surface area contributed by atoms with Crippen LogP contribution in [0.3, 0.4) is 0 Å². The van der Waals surface area contributed by atoms with E-state index < -0.39 is 21.7 Å². The number of hydrogen-bond donors (Lipinski definition) is 2. The number of para-hydroxylation sites is 1. The molecule has 0 aromatic heterocycles. The molecule has 0 spiro atoms. The van der Waals surface area contributed by atoms with Crippen molar-refractivity contribution in [1.82, 2.24) is 0 Å². The molecule has 0 aliphatic heterocycles. The topological polar surface area (TPSA) is 84.5 Å². The van der Waals surface area contributed by atoms with Gasteiger partial charge in [0.25, 0.3) is 15.9 Å². The fraction of sp³-hybridized carbons (Fsp3) is 0.0952. The fourth-order valence-corrected chi connectivity index (χ4v) is 3.84. The number of sulfonamides is 1. The van der Waals surface area contributed by atoms with E-state index in [1.165, 1.54) is 36.4 Å². The molecule has 6 nitrogen and oxygen atoms in total. The van der Waals surface area contributed by atoms with Crippen LogP contribution in [0.15, 0.2) is 71.6 Å². The Bertz CT molecular complexity index is 1170. The van der Waals surface area contributed by atoms with Gasteiger partial charge in [-0.2, -0.15) is 0 Å². The minimum absolute atomic E-state index is 0.0399. The van der Waals surface area contributed by atoms with Crippen molar-refractivity contribution in [2.24, 2.45) is 0 Å². The van der Waals surface area contributed by atoms with Gasteiger partial charge in [0.2, 0.25) is 0 Å². The van der Waals surface area contributed by atoms with E-state index in [9.17, 15) is 17.6 Å². The Balaban J connectivity index is 1.65. The van der Waals surface area contributed by atoms with Gasteiger partial charge in [0.15, 0.2) is 6.61 Å². The van der Waals surface area contributed by atoms with Crippen molar-refractivity contribution in [2.75, 3.05) is 16.6 Å². The summed E-state index contributed by atoms with van der Waals surface area (Å²) in [6, 6.07) is 16.3. The zero-order valence-corrected chi connectivity index (χ0v) is 17.4. The molecular formula is C21H18ClFN2O4S. The van der Waals surface area contributed by atoms with Gasteiger partial charge < -0.3 is 10.1 Å². The molecule has 0 bridgehead atoms. The summed E-state index contributed by atoms with van der Waals surface area (Å²) < 4.78 is 46.6. The summed E-state index contributed by atoms with van der Waals surface area (Å²) >= 11 is 5.80. The molecule has 3 aromatic rings. The van der Waals surface area contributed by atoms with Gasteiger partial charge in [0.1, 0.15) is 11.6 Å². The molecule has 2 N–H and O–H groups in total. The number of anilines is 2. The van der Waals surface area contributed by atoms with Gasteiger partial charge in [0, 0.05) is 10.7 Å². The highest BCUT2D eigenvalue weighted by Crippen LogP contribution is 2.24. The normalized spacial score (nSPS) is 11.0. The maximum absolute atomic E-state index is 13.6. The third kappa shape index (κ3) is 5.49. The van der Waals surface area contributed by atoms with E-state index in [4.69, 9.17) is 16.3 Å². The predicted molar refractivity (Wildman–Crippen MR) is 114 cm³/mol. The lowest BCUT2D eigenvalue weighted by Gasteiger charge is -2.12. The van der Waals surface area contributed by atoms with Crippen molar-refractivity contribution >= 4 is 38.9 Å². The first-order valence-corrected chi connectivity index (χ1v) is 10.7. The molecule has 1 amide bonds. The molecule has 30 heavy (non-hydrogen) atoms. The Morgan fingerprint density at radius 3 is 2.43 bits per heavy atom. The molecule has 0 aliphatic carbocycles. The van der Waals surface area contributed by atoms with Gasteiger partial charge in [-0.3, -0.25) is 9.52 Å². The standard InChI is InChI=1S/C21H18ClFN2O4S/c1-14-12-17(30(27,28)25-16-8-6-15(22)7-9-16)10-11-20(14)29-13-21(26)24-19-5-3-2-4-18(19)23/h2-12,25H,13H2,1H3,(H,24,26). The molecule has 0 aliphatic rings. The summed E-state index contributed by atoms with van der Waals surface area (Å²) in [5, 5.41) is 2.91. The van der Waals surface area contributed by atoms with E-state index >= 15 is 0 Å². The number of amides is 1. The maximum atomic E-state index is 13.6. The summed E-state index contributed by atoms with van der Waals surface area (Å²) in [7, 11) is -3.81. The molecule has 0 fully saturated rings. The number of ether oxygens (including phenoxy) is 1. The molecule has 0 saturated carbocycles. The second kappa shape index (κ2) is 9.15. The lowest BCUT2D eigenvalue weighted by molar-refractivity contribution is -0.118. The molecule has 3 aromatic carbocycles. The largest absolute Gasteiger partial charge is 0.483 e. The monoisotopic (exact) mass is 448 g/mol. The van der Waals surface area contributed by atoms with E-state index in [-0.39, 0.29) is 17.2 Å². The van der Waals surface area contributed by atoms with E-state index in [1.807, 2.05) is 0 Å². The number of benzene rings is 3. The Labute approximate surface area is 178 Å². The Morgan fingerprint density at radius 2 is 1.77 bits per heavy atom. The summed E-state index contributed by atoms with van der Waals surface area (Å²) in [6.45, 7) is 1.30. The highest BCUT2D eigenvalue weighted by Gasteiger charge is 2.16. The first-order valence-electron chi connectivity index (χ1n) is 8.81. The molecule has 0 saturated heterocycles. The van der Waals surface area contributed by atoms with Crippen LogP contribution in [-0.2, 0) is 14.8 Å². The third-order valence-electron chi connectivity index (χ3n) is 4.06. The molecule has 9 heteroatoms. The average molecular weight is 449 g/mol. The van der Waals surface area contributed by atoms with Gasteiger partial charge in [-0.1, -0.05) is 23.7 Å². The van der Waals surface area contributed by atoms with Crippen LogP contribution in [0, 0.1) is 12.7 Å². The van der Waals surface area contributed by atoms with Gasteiger partial charge in [0.05, 0.1) is 10.6 Å². The number of carbonyl (C=O) groups excluding carboxylic acids is 1. The molecule has 156 valence electrons. The van der Waals surface area contributed by atoms with E-state index in [0.717, 1.165) is 0 Å². The van der Waals surface area contributed by atoms with Crippen LogP contribution in [0.25, 0.3) is 0 Å². The first kappa shape index (κ1) is 21.6. The molecule has 0 radical (unpaired) electrons. The second-order valence-corrected chi connectivity index (χ2v) is 8.48. The second-order valence-electron chi connectivity index (χ2n) is 6.36. The first-order chi connectivity index (χ1) is 14.2. The van der Waals surface area contributed by atoms with Crippen LogP contribution in [0.1, 0.15) is 5.56 Å². The van der Waals surface area contributed by atoms with Gasteiger partial charge in [-0.15, -0.1) is 0 Å². The van der Waals surface area contributed by atoms with Crippen molar-refractivity contribution in [1.29, 1.82) is 0 Å². The maximum Gasteiger partial charge on any atom is 0.262 e. The molecule has 0 atom stereocenters. The van der Waals surface area contributed by atoms with Crippen LogP contribution in [0.4, 0.5) is 15.8 Å². The predicted octanol–water partition coefficient (Wildman–Crippen LogP) is 4.61. The quantitative estimate of drug-likeness (QED) is 0.553. The summed E-state index contributed by atoms with van der Waals surface area (Å²) in [6.07, 6.45) is 0. The lowest BCUT2D eigenvalue weighted by atomic mass is 10.2. The summed E-state index contributed by atoms with van der Waals surface area (Å²) in [4.78, 5) is 12.0. The van der Waals surface area contributed by atoms with E-state index in [2.05, 4.69) is 10.0 Å².